The van der Waals surface area contributed by atoms with Crippen molar-refractivity contribution < 1.29 is 13.2 Å². The molecule has 3 rings (SSSR count). The third-order valence-corrected chi connectivity index (χ3v) is 6.76. The van der Waals surface area contributed by atoms with Crippen LogP contribution in [0.15, 0.2) is 71.6 Å². The smallest absolute Gasteiger partial charge is 0.264 e. The molecule has 30 heavy (non-hydrogen) atoms. The lowest BCUT2D eigenvalue weighted by Gasteiger charge is -2.26. The minimum Gasteiger partial charge on any atom is -0.324 e. The van der Waals surface area contributed by atoms with Crippen LogP contribution in [0, 0.1) is 13.8 Å². The molecule has 1 N–H and O–H groups in total. The zero-order valence-electron chi connectivity index (χ0n) is 16.4. The summed E-state index contributed by atoms with van der Waals surface area (Å²) >= 11 is 12.1. The van der Waals surface area contributed by atoms with E-state index in [1.165, 1.54) is 12.1 Å². The molecule has 0 atom stereocenters. The van der Waals surface area contributed by atoms with Gasteiger partial charge in [0.1, 0.15) is 6.54 Å². The molecule has 0 saturated carbocycles. The van der Waals surface area contributed by atoms with Gasteiger partial charge in [0.2, 0.25) is 5.91 Å². The highest BCUT2D eigenvalue weighted by Gasteiger charge is 2.28. The molecule has 0 heterocycles. The average molecular weight is 463 g/mol. The third-order valence-electron chi connectivity index (χ3n) is 4.52. The van der Waals surface area contributed by atoms with Gasteiger partial charge in [0, 0.05) is 15.7 Å². The molecule has 0 bridgehead atoms. The molecule has 1 amide bonds. The highest BCUT2D eigenvalue weighted by atomic mass is 35.5. The van der Waals surface area contributed by atoms with Crippen molar-refractivity contribution in [2.75, 3.05) is 16.2 Å². The molecule has 156 valence electrons. The summed E-state index contributed by atoms with van der Waals surface area (Å²) in [7, 11) is -3.99. The average Bonchev–Trinajstić information content (AvgIpc) is 2.70. The molecule has 8 heteroatoms. The molecule has 0 unspecified atom stereocenters. The number of anilines is 2. The lowest BCUT2D eigenvalue weighted by molar-refractivity contribution is -0.114. The van der Waals surface area contributed by atoms with Crippen LogP contribution in [-0.2, 0) is 14.8 Å². The van der Waals surface area contributed by atoms with E-state index in [0.29, 0.717) is 27.0 Å². The third kappa shape index (κ3) is 4.95. The Bertz CT molecular complexity index is 1180. The van der Waals surface area contributed by atoms with Crippen molar-refractivity contribution in [2.24, 2.45) is 0 Å². The number of nitrogens with zero attached hydrogens (tertiary/aromatic N) is 1. The van der Waals surface area contributed by atoms with Crippen LogP contribution in [0.4, 0.5) is 11.4 Å². The predicted octanol–water partition coefficient (Wildman–Crippen LogP) is 5.44. The van der Waals surface area contributed by atoms with Crippen LogP contribution >= 0.6 is 23.2 Å². The fraction of sp³-hybridized carbons (Fsp3) is 0.136. The molecule has 0 fully saturated rings. The summed E-state index contributed by atoms with van der Waals surface area (Å²) in [6.07, 6.45) is 0. The Morgan fingerprint density at radius 2 is 1.53 bits per heavy atom. The number of hydrogen-bond acceptors (Lipinski definition) is 3. The number of halogens is 2. The summed E-state index contributed by atoms with van der Waals surface area (Å²) in [5, 5.41) is 3.70. The van der Waals surface area contributed by atoms with Gasteiger partial charge in [-0.05, 0) is 67.4 Å². The molecule has 0 radical (unpaired) electrons. The van der Waals surface area contributed by atoms with Crippen LogP contribution in [0.1, 0.15) is 11.1 Å². The van der Waals surface area contributed by atoms with Crippen LogP contribution in [-0.4, -0.2) is 20.9 Å². The van der Waals surface area contributed by atoms with Gasteiger partial charge in [0.25, 0.3) is 10.0 Å². The van der Waals surface area contributed by atoms with Gasteiger partial charge in [-0.15, -0.1) is 0 Å². The Labute approximate surface area is 186 Å². The van der Waals surface area contributed by atoms with Crippen molar-refractivity contribution in [1.82, 2.24) is 0 Å². The topological polar surface area (TPSA) is 66.5 Å². The first-order valence-corrected chi connectivity index (χ1v) is 11.3. The first kappa shape index (κ1) is 22.2. The van der Waals surface area contributed by atoms with Crippen molar-refractivity contribution in [3.8, 4) is 0 Å². The number of amides is 1. The largest absolute Gasteiger partial charge is 0.324 e. The van der Waals surface area contributed by atoms with Crippen LogP contribution in [0.3, 0.4) is 0 Å². The van der Waals surface area contributed by atoms with Gasteiger partial charge in [-0.25, -0.2) is 8.42 Å². The fourth-order valence-corrected chi connectivity index (χ4v) is 4.87. The number of carbonyl (C=O) groups is 1. The van der Waals surface area contributed by atoms with Gasteiger partial charge < -0.3 is 5.32 Å². The lowest BCUT2D eigenvalue weighted by Crippen LogP contribution is -2.38. The molecule has 5 nitrogen and oxygen atoms in total. The van der Waals surface area contributed by atoms with Gasteiger partial charge >= 0.3 is 0 Å². The normalized spacial score (nSPS) is 11.2. The maximum absolute atomic E-state index is 13.4. The van der Waals surface area contributed by atoms with Crippen LogP contribution < -0.4 is 9.62 Å². The standard InChI is InChI=1S/C22H20Cl2N2O3S/c1-15-8-9-18(24)13-20(15)25-22(27)14-26(21-11-10-17(23)12-16(21)2)30(28,29)19-6-4-3-5-7-19/h3-13H,14H2,1-2H3,(H,25,27). The zero-order valence-corrected chi connectivity index (χ0v) is 18.7. The maximum atomic E-state index is 13.4. The molecule has 0 aliphatic carbocycles. The summed E-state index contributed by atoms with van der Waals surface area (Å²) < 4.78 is 27.8. The van der Waals surface area contributed by atoms with Crippen LogP contribution in [0.25, 0.3) is 0 Å². The molecule has 3 aromatic rings. The maximum Gasteiger partial charge on any atom is 0.264 e. The highest BCUT2D eigenvalue weighted by Crippen LogP contribution is 2.29. The van der Waals surface area contributed by atoms with Crippen molar-refractivity contribution in [3.05, 3.63) is 87.9 Å². The highest BCUT2D eigenvalue weighted by molar-refractivity contribution is 7.92. The van der Waals surface area contributed by atoms with Crippen molar-refractivity contribution >= 4 is 50.5 Å². The number of aryl methyl sites for hydroxylation is 2. The van der Waals surface area contributed by atoms with E-state index < -0.39 is 22.5 Å². The van der Waals surface area contributed by atoms with E-state index in [1.807, 2.05) is 6.92 Å². The second-order valence-corrected chi connectivity index (χ2v) is 9.50. The van der Waals surface area contributed by atoms with Crippen molar-refractivity contribution in [1.29, 1.82) is 0 Å². The summed E-state index contributed by atoms with van der Waals surface area (Å²) in [6, 6.07) is 17.9. The van der Waals surface area contributed by atoms with Crippen molar-refractivity contribution in [2.45, 2.75) is 18.7 Å². The van der Waals surface area contributed by atoms with E-state index in [2.05, 4.69) is 5.32 Å². The number of rotatable bonds is 6. The molecule has 0 aliphatic heterocycles. The van der Waals surface area contributed by atoms with Gasteiger partial charge in [0.05, 0.1) is 10.6 Å². The molecular weight excluding hydrogens is 443 g/mol. The first-order valence-electron chi connectivity index (χ1n) is 9.08. The van der Waals surface area contributed by atoms with E-state index in [9.17, 15) is 13.2 Å². The van der Waals surface area contributed by atoms with E-state index >= 15 is 0 Å². The number of sulfonamides is 1. The second-order valence-electron chi connectivity index (χ2n) is 6.76. The Balaban J connectivity index is 1.99. The summed E-state index contributed by atoms with van der Waals surface area (Å²) in [5.74, 6) is -0.491. The SMILES string of the molecule is Cc1ccc(Cl)cc1NC(=O)CN(c1ccc(Cl)cc1C)S(=O)(=O)c1ccccc1. The van der Waals surface area contributed by atoms with E-state index in [4.69, 9.17) is 23.2 Å². The van der Waals surface area contributed by atoms with Crippen LogP contribution in [0.2, 0.25) is 10.0 Å². The minimum atomic E-state index is -3.99. The van der Waals surface area contributed by atoms with Crippen LogP contribution in [0.5, 0.6) is 0 Å². The van der Waals surface area contributed by atoms with Crippen molar-refractivity contribution in [3.63, 3.8) is 0 Å². The summed E-state index contributed by atoms with van der Waals surface area (Å²) in [4.78, 5) is 12.9. The van der Waals surface area contributed by atoms with Gasteiger partial charge in [-0.1, -0.05) is 47.5 Å². The minimum absolute atomic E-state index is 0.0890. The molecule has 0 aliphatic rings. The monoisotopic (exact) mass is 462 g/mol. The van der Waals surface area contributed by atoms with Gasteiger partial charge in [-0.3, -0.25) is 9.10 Å². The molecule has 0 aromatic heterocycles. The lowest BCUT2D eigenvalue weighted by atomic mass is 10.2. The molecular formula is C22H20Cl2N2O3S. The van der Waals surface area contributed by atoms with E-state index in [-0.39, 0.29) is 4.90 Å². The Kier molecular flexibility index (Phi) is 6.71. The molecule has 0 spiro atoms. The zero-order chi connectivity index (χ0) is 21.9. The summed E-state index contributed by atoms with van der Waals surface area (Å²) in [5.41, 5.74) is 2.35. The van der Waals surface area contributed by atoms with Gasteiger partial charge in [-0.2, -0.15) is 0 Å². The molecule has 3 aromatic carbocycles. The predicted molar refractivity (Wildman–Crippen MR) is 122 cm³/mol. The first-order chi connectivity index (χ1) is 14.2. The second kappa shape index (κ2) is 9.08. The fourth-order valence-electron chi connectivity index (χ4n) is 2.97. The van der Waals surface area contributed by atoms with Gasteiger partial charge in [0.15, 0.2) is 0 Å². The Morgan fingerprint density at radius 1 is 0.900 bits per heavy atom. The Hall–Kier alpha value is -2.54. The quantitative estimate of drug-likeness (QED) is 0.529. The number of hydrogen-bond donors (Lipinski definition) is 1. The summed E-state index contributed by atoms with van der Waals surface area (Å²) in [6.45, 7) is 3.16. The van der Waals surface area contributed by atoms with E-state index in [0.717, 1.165) is 9.87 Å². The molecule has 0 saturated heterocycles. The number of nitrogens with one attached hydrogen (secondary N) is 1. The number of benzene rings is 3. The van der Waals surface area contributed by atoms with E-state index in [1.54, 1.807) is 61.5 Å². The number of carbonyl (C=O) groups excluding carboxylic acids is 1. The Morgan fingerprint density at radius 3 is 2.20 bits per heavy atom.